The van der Waals surface area contributed by atoms with Crippen molar-refractivity contribution in [1.29, 1.82) is 0 Å². The third-order valence-corrected chi connectivity index (χ3v) is 7.18. The standard InChI is InChI=1S/C29H31ClN6S.C2H2/c1-5-8-9-18(4)33-20(7-3)14-19(6-2)23-11-10-22(31)24(34-23)15-28-35-25-17-32-16-21(29(25)36-28)26-12-13-27(30)37-26;1-2/h6-7,10-14,16-17,33H,3-5,8-9,15,31H2,1-2H3,(H,35,36);1-2H/b19-6+,20-14+;. The van der Waals surface area contributed by atoms with Crippen LogP contribution in [0, 0.1) is 12.8 Å². The summed E-state index contributed by atoms with van der Waals surface area (Å²) in [5, 5.41) is 3.36. The van der Waals surface area contributed by atoms with Gasteiger partial charge in [-0.3, -0.25) is 9.97 Å². The SMILES string of the molecule is C#C.C=C/C(=C\C(=C/C)c1ccc(N)c(Cc2nc3c(-c4ccc(Cl)s4)cncc3[nH]2)n1)NC(=C)CCCC. The van der Waals surface area contributed by atoms with Crippen LogP contribution in [0.15, 0.2) is 79.4 Å². The molecule has 0 bridgehead atoms. The highest BCUT2D eigenvalue weighted by atomic mass is 35.5. The van der Waals surface area contributed by atoms with Gasteiger partial charge in [0.15, 0.2) is 0 Å². The van der Waals surface area contributed by atoms with Crippen molar-refractivity contribution in [3.8, 4) is 23.3 Å². The molecule has 0 aliphatic heterocycles. The van der Waals surface area contributed by atoms with Gasteiger partial charge < -0.3 is 16.0 Å². The first-order valence-electron chi connectivity index (χ1n) is 12.5. The Kier molecular flexibility index (Phi) is 10.7. The first kappa shape index (κ1) is 29.4. The molecule has 0 spiro atoms. The largest absolute Gasteiger partial charge is 0.397 e. The van der Waals surface area contributed by atoms with E-state index in [1.165, 1.54) is 11.3 Å². The summed E-state index contributed by atoms with van der Waals surface area (Å²) in [7, 11) is 0. The highest BCUT2D eigenvalue weighted by Crippen LogP contribution is 2.34. The molecule has 0 saturated heterocycles. The first-order chi connectivity index (χ1) is 18.9. The Labute approximate surface area is 239 Å². The molecule has 4 heterocycles. The second-order valence-corrected chi connectivity index (χ2v) is 10.4. The molecule has 4 aromatic heterocycles. The van der Waals surface area contributed by atoms with Crippen LogP contribution in [0.5, 0.6) is 0 Å². The normalized spacial score (nSPS) is 11.6. The van der Waals surface area contributed by atoms with Gasteiger partial charge in [0.25, 0.3) is 0 Å². The van der Waals surface area contributed by atoms with E-state index >= 15 is 0 Å². The molecule has 200 valence electrons. The summed E-state index contributed by atoms with van der Waals surface area (Å²) in [5.41, 5.74) is 14.0. The Morgan fingerprint density at radius 3 is 2.67 bits per heavy atom. The molecule has 0 fully saturated rings. The Morgan fingerprint density at radius 2 is 2.00 bits per heavy atom. The van der Waals surface area contributed by atoms with Gasteiger partial charge >= 0.3 is 0 Å². The number of unbranched alkanes of at least 4 members (excludes halogenated alkanes) is 1. The Morgan fingerprint density at radius 1 is 1.21 bits per heavy atom. The van der Waals surface area contributed by atoms with Gasteiger partial charge in [-0.2, -0.15) is 0 Å². The zero-order valence-electron chi connectivity index (χ0n) is 22.3. The lowest BCUT2D eigenvalue weighted by molar-refractivity contribution is 0.751. The molecule has 39 heavy (non-hydrogen) atoms. The van der Waals surface area contributed by atoms with Crippen LogP contribution >= 0.6 is 22.9 Å². The number of pyridine rings is 2. The zero-order chi connectivity index (χ0) is 28.4. The van der Waals surface area contributed by atoms with Gasteiger partial charge in [-0.1, -0.05) is 44.2 Å². The second kappa shape index (κ2) is 14.1. The number of aromatic nitrogens is 4. The minimum absolute atomic E-state index is 0.458. The lowest BCUT2D eigenvalue weighted by Gasteiger charge is -2.12. The Hall–Kier alpha value is -4.12. The number of aromatic amines is 1. The fourth-order valence-corrected chi connectivity index (χ4v) is 5.01. The number of nitrogens with zero attached hydrogens (tertiary/aromatic N) is 3. The van der Waals surface area contributed by atoms with Crippen molar-refractivity contribution >= 4 is 45.2 Å². The molecule has 0 radical (unpaired) electrons. The monoisotopic (exact) mass is 556 g/mol. The summed E-state index contributed by atoms with van der Waals surface area (Å²) in [6, 6.07) is 7.68. The number of imidazole rings is 1. The van der Waals surface area contributed by atoms with E-state index in [2.05, 4.69) is 48.2 Å². The third-order valence-electron chi connectivity index (χ3n) is 5.92. The number of fused-ring (bicyclic) bond motifs is 1. The summed E-state index contributed by atoms with van der Waals surface area (Å²) in [6.45, 7) is 12.2. The van der Waals surface area contributed by atoms with Crippen LogP contribution in [0.1, 0.15) is 50.3 Å². The molecule has 0 saturated carbocycles. The molecule has 0 amide bonds. The molecule has 6 nitrogen and oxygen atoms in total. The fourth-order valence-electron chi connectivity index (χ4n) is 3.96. The van der Waals surface area contributed by atoms with E-state index < -0.39 is 0 Å². The number of nitrogen functional groups attached to an aromatic ring is 1. The Bertz CT molecular complexity index is 1540. The third kappa shape index (κ3) is 7.47. The number of terminal acetylenes is 1. The number of hydrogen-bond acceptors (Lipinski definition) is 6. The van der Waals surface area contributed by atoms with Gasteiger partial charge in [-0.15, -0.1) is 24.2 Å². The van der Waals surface area contributed by atoms with Crippen molar-refractivity contribution in [2.45, 2.75) is 39.5 Å². The predicted molar refractivity (Wildman–Crippen MR) is 167 cm³/mol. The van der Waals surface area contributed by atoms with Crippen LogP contribution < -0.4 is 11.1 Å². The highest BCUT2D eigenvalue weighted by molar-refractivity contribution is 7.19. The lowest BCUT2D eigenvalue weighted by atomic mass is 10.1. The number of hydrogen-bond donors (Lipinski definition) is 3. The molecule has 0 atom stereocenters. The van der Waals surface area contributed by atoms with Crippen LogP contribution in [-0.4, -0.2) is 19.9 Å². The smallest absolute Gasteiger partial charge is 0.113 e. The number of H-pyrrole nitrogens is 1. The van der Waals surface area contributed by atoms with Crippen LogP contribution in [0.4, 0.5) is 5.69 Å². The maximum atomic E-state index is 6.33. The molecule has 4 N–H and O–H groups in total. The maximum Gasteiger partial charge on any atom is 0.113 e. The highest BCUT2D eigenvalue weighted by Gasteiger charge is 2.14. The molecular weight excluding hydrogens is 524 g/mol. The van der Waals surface area contributed by atoms with E-state index in [-0.39, 0.29) is 0 Å². The maximum absolute atomic E-state index is 6.33. The number of halogens is 1. The second-order valence-electron chi connectivity index (χ2n) is 8.66. The van der Waals surface area contributed by atoms with Crippen molar-refractivity contribution in [1.82, 2.24) is 25.3 Å². The van der Waals surface area contributed by atoms with Crippen molar-refractivity contribution in [2.75, 3.05) is 5.73 Å². The van der Waals surface area contributed by atoms with Gasteiger partial charge in [0, 0.05) is 28.0 Å². The van der Waals surface area contributed by atoms with Gasteiger partial charge in [-0.25, -0.2) is 4.98 Å². The van der Waals surface area contributed by atoms with Crippen molar-refractivity contribution in [3.63, 3.8) is 0 Å². The van der Waals surface area contributed by atoms with Crippen LogP contribution in [-0.2, 0) is 6.42 Å². The minimum Gasteiger partial charge on any atom is -0.397 e. The number of thiophene rings is 1. The topological polar surface area (TPSA) is 92.5 Å². The summed E-state index contributed by atoms with van der Waals surface area (Å²) in [4.78, 5) is 18.5. The fraction of sp³-hybridized carbons (Fsp3) is 0.194. The van der Waals surface area contributed by atoms with E-state index in [0.29, 0.717) is 12.1 Å². The average Bonchev–Trinajstić information content (AvgIpc) is 3.57. The summed E-state index contributed by atoms with van der Waals surface area (Å²) < 4.78 is 0.727. The summed E-state index contributed by atoms with van der Waals surface area (Å²) in [5.74, 6) is 0.765. The van der Waals surface area contributed by atoms with Crippen LogP contribution in [0.25, 0.3) is 27.0 Å². The van der Waals surface area contributed by atoms with E-state index in [0.717, 1.165) is 79.3 Å². The van der Waals surface area contributed by atoms with Crippen molar-refractivity contribution < 1.29 is 0 Å². The van der Waals surface area contributed by atoms with Crippen molar-refractivity contribution in [3.05, 3.63) is 101 Å². The number of nitrogens with one attached hydrogen (secondary N) is 2. The van der Waals surface area contributed by atoms with Gasteiger partial charge in [0.05, 0.1) is 39.5 Å². The summed E-state index contributed by atoms with van der Waals surface area (Å²) >= 11 is 7.66. The van der Waals surface area contributed by atoms with E-state index in [1.54, 1.807) is 12.3 Å². The predicted octanol–water partition coefficient (Wildman–Crippen LogP) is 7.92. The number of nitrogens with two attached hydrogens (primary N) is 1. The molecule has 4 aromatic rings. The molecule has 8 heteroatoms. The van der Waals surface area contributed by atoms with Crippen LogP contribution in [0.2, 0.25) is 4.34 Å². The van der Waals surface area contributed by atoms with Gasteiger partial charge in [0.1, 0.15) is 11.3 Å². The summed E-state index contributed by atoms with van der Waals surface area (Å²) in [6.07, 6.45) is 21.0. The van der Waals surface area contributed by atoms with Gasteiger partial charge in [-0.05, 0) is 61.8 Å². The molecule has 0 unspecified atom stereocenters. The number of rotatable bonds is 11. The van der Waals surface area contributed by atoms with Crippen LogP contribution in [0.3, 0.4) is 0 Å². The zero-order valence-corrected chi connectivity index (χ0v) is 23.9. The lowest BCUT2D eigenvalue weighted by Crippen LogP contribution is -2.10. The van der Waals surface area contributed by atoms with E-state index in [4.69, 9.17) is 27.3 Å². The molecule has 0 aromatic carbocycles. The number of anilines is 1. The molecule has 4 rings (SSSR count). The molecule has 0 aliphatic rings. The molecule has 0 aliphatic carbocycles. The van der Waals surface area contributed by atoms with E-state index in [9.17, 15) is 0 Å². The minimum atomic E-state index is 0.458. The Balaban J connectivity index is 0.00000205. The average molecular weight is 557 g/mol. The first-order valence-corrected chi connectivity index (χ1v) is 13.7. The quantitative estimate of drug-likeness (QED) is 0.129. The van der Waals surface area contributed by atoms with E-state index in [1.807, 2.05) is 49.5 Å². The van der Waals surface area contributed by atoms with Gasteiger partial charge in [0.2, 0.25) is 0 Å². The number of allylic oxidation sites excluding steroid dienone is 5. The molecular formula is C31H33ClN6S. The van der Waals surface area contributed by atoms with Crippen molar-refractivity contribution in [2.24, 2.45) is 0 Å².